The van der Waals surface area contributed by atoms with Crippen LogP contribution in [0.2, 0.25) is 0 Å². The SMILES string of the molecule is O=C(Nc1ccc(Oc2ccc(OC(F)(F)F)cc2)cc1)Nc1ccc(C(=O)NCCCN2CCCCC2)cc1. The summed E-state index contributed by atoms with van der Waals surface area (Å²) in [5, 5.41) is 8.35. The first-order chi connectivity index (χ1) is 19.2. The monoisotopic (exact) mass is 556 g/mol. The highest BCUT2D eigenvalue weighted by Gasteiger charge is 2.31. The molecule has 1 fully saturated rings. The van der Waals surface area contributed by atoms with E-state index in [1.54, 1.807) is 48.5 Å². The summed E-state index contributed by atoms with van der Waals surface area (Å²) in [6, 6.07) is 17.6. The molecule has 1 heterocycles. The fourth-order valence-electron chi connectivity index (χ4n) is 4.24. The number of carbonyl (C=O) groups excluding carboxylic acids is 2. The minimum Gasteiger partial charge on any atom is -0.457 e. The number of urea groups is 1. The lowest BCUT2D eigenvalue weighted by Gasteiger charge is -2.26. The number of benzene rings is 3. The van der Waals surface area contributed by atoms with Gasteiger partial charge in [0.25, 0.3) is 5.91 Å². The Bertz CT molecular complexity index is 1240. The number of hydrogen-bond acceptors (Lipinski definition) is 5. The zero-order valence-corrected chi connectivity index (χ0v) is 21.8. The molecule has 0 aromatic heterocycles. The first-order valence-electron chi connectivity index (χ1n) is 13.1. The van der Waals surface area contributed by atoms with Crippen LogP contribution in [0.3, 0.4) is 0 Å². The molecular formula is C29H31F3N4O4. The van der Waals surface area contributed by atoms with E-state index in [0.29, 0.717) is 35.0 Å². The molecule has 40 heavy (non-hydrogen) atoms. The van der Waals surface area contributed by atoms with E-state index in [9.17, 15) is 22.8 Å². The largest absolute Gasteiger partial charge is 0.573 e. The molecule has 4 rings (SSSR count). The Hall–Kier alpha value is -4.25. The summed E-state index contributed by atoms with van der Waals surface area (Å²) >= 11 is 0. The molecule has 3 aromatic rings. The standard InChI is InChI=1S/C29H31F3N4O4/c30-29(31,32)40-26-15-13-25(14-16-26)39-24-11-9-23(10-12-24)35-28(38)34-22-7-5-21(6-8-22)27(37)33-17-4-20-36-18-2-1-3-19-36/h5-16H,1-4,17-20H2,(H,33,37)(H2,34,35,38). The number of carbonyl (C=O) groups is 2. The molecule has 3 N–H and O–H groups in total. The van der Waals surface area contributed by atoms with E-state index >= 15 is 0 Å². The third kappa shape index (κ3) is 9.49. The minimum absolute atomic E-state index is 0.150. The van der Waals surface area contributed by atoms with Gasteiger partial charge in [0.2, 0.25) is 0 Å². The van der Waals surface area contributed by atoms with Crippen LogP contribution in [0.4, 0.5) is 29.3 Å². The van der Waals surface area contributed by atoms with Crippen LogP contribution < -0.4 is 25.4 Å². The Morgan fingerprint density at radius 3 is 1.85 bits per heavy atom. The maximum absolute atomic E-state index is 12.4. The number of nitrogens with zero attached hydrogens (tertiary/aromatic N) is 1. The average molecular weight is 557 g/mol. The number of likely N-dealkylation sites (tertiary alicyclic amines) is 1. The summed E-state index contributed by atoms with van der Waals surface area (Å²) in [6.07, 6.45) is -0.0483. The van der Waals surface area contributed by atoms with Crippen molar-refractivity contribution < 1.29 is 32.2 Å². The molecule has 1 saturated heterocycles. The second-order valence-corrected chi connectivity index (χ2v) is 9.31. The number of nitrogens with one attached hydrogen (secondary N) is 3. The second kappa shape index (κ2) is 13.7. The molecule has 3 aromatic carbocycles. The van der Waals surface area contributed by atoms with E-state index < -0.39 is 12.4 Å². The van der Waals surface area contributed by atoms with Gasteiger partial charge in [0, 0.05) is 23.5 Å². The van der Waals surface area contributed by atoms with Gasteiger partial charge in [0.15, 0.2) is 0 Å². The van der Waals surface area contributed by atoms with Gasteiger partial charge < -0.3 is 30.3 Å². The summed E-state index contributed by atoms with van der Waals surface area (Å²) in [6.45, 7) is 3.89. The Morgan fingerprint density at radius 1 is 0.750 bits per heavy atom. The van der Waals surface area contributed by atoms with Crippen molar-refractivity contribution >= 4 is 23.3 Å². The Kier molecular flexibility index (Phi) is 9.85. The summed E-state index contributed by atoms with van der Waals surface area (Å²) in [5.74, 6) is 0.253. The highest BCUT2D eigenvalue weighted by molar-refractivity contribution is 6.00. The highest BCUT2D eigenvalue weighted by Crippen LogP contribution is 2.28. The van der Waals surface area contributed by atoms with Gasteiger partial charge in [0.1, 0.15) is 17.2 Å². The van der Waals surface area contributed by atoms with Crippen molar-refractivity contribution in [3.05, 3.63) is 78.4 Å². The molecule has 8 nitrogen and oxygen atoms in total. The topological polar surface area (TPSA) is 91.9 Å². The average Bonchev–Trinajstić information content (AvgIpc) is 2.93. The van der Waals surface area contributed by atoms with Crippen LogP contribution in [-0.2, 0) is 0 Å². The number of piperidine rings is 1. The van der Waals surface area contributed by atoms with Gasteiger partial charge in [-0.15, -0.1) is 13.2 Å². The van der Waals surface area contributed by atoms with Crippen LogP contribution in [0.5, 0.6) is 17.2 Å². The predicted octanol–water partition coefficient (Wildman–Crippen LogP) is 6.63. The molecule has 1 aliphatic rings. The quantitative estimate of drug-likeness (QED) is 0.244. The fraction of sp³-hybridized carbons (Fsp3) is 0.310. The summed E-state index contributed by atoms with van der Waals surface area (Å²) in [7, 11) is 0. The van der Waals surface area contributed by atoms with Crippen LogP contribution in [0, 0.1) is 0 Å². The molecule has 0 aliphatic carbocycles. The lowest BCUT2D eigenvalue weighted by atomic mass is 10.1. The predicted molar refractivity (Wildman–Crippen MR) is 146 cm³/mol. The molecule has 0 atom stereocenters. The molecule has 0 unspecified atom stereocenters. The molecular weight excluding hydrogens is 525 g/mol. The number of ether oxygens (including phenoxy) is 2. The number of anilines is 2. The zero-order chi connectivity index (χ0) is 28.4. The fourth-order valence-corrected chi connectivity index (χ4v) is 4.24. The van der Waals surface area contributed by atoms with E-state index in [0.717, 1.165) is 38.2 Å². The van der Waals surface area contributed by atoms with Crippen molar-refractivity contribution in [1.29, 1.82) is 0 Å². The van der Waals surface area contributed by atoms with E-state index in [1.807, 2.05) is 0 Å². The van der Waals surface area contributed by atoms with Crippen molar-refractivity contribution in [2.24, 2.45) is 0 Å². The molecule has 0 radical (unpaired) electrons. The number of rotatable bonds is 10. The van der Waals surface area contributed by atoms with Crippen molar-refractivity contribution in [2.45, 2.75) is 32.0 Å². The van der Waals surface area contributed by atoms with Crippen molar-refractivity contribution in [3.8, 4) is 17.2 Å². The Balaban J connectivity index is 1.18. The molecule has 3 amide bonds. The van der Waals surface area contributed by atoms with Crippen molar-refractivity contribution in [2.75, 3.05) is 36.8 Å². The molecule has 1 aliphatic heterocycles. The van der Waals surface area contributed by atoms with Gasteiger partial charge in [-0.3, -0.25) is 4.79 Å². The van der Waals surface area contributed by atoms with Crippen molar-refractivity contribution in [1.82, 2.24) is 10.2 Å². The summed E-state index contributed by atoms with van der Waals surface area (Å²) < 4.78 is 46.3. The number of amides is 3. The second-order valence-electron chi connectivity index (χ2n) is 9.31. The third-order valence-corrected chi connectivity index (χ3v) is 6.20. The summed E-state index contributed by atoms with van der Waals surface area (Å²) in [4.78, 5) is 27.2. The van der Waals surface area contributed by atoms with Crippen LogP contribution in [-0.4, -0.2) is 49.4 Å². The summed E-state index contributed by atoms with van der Waals surface area (Å²) in [5.41, 5.74) is 1.54. The van der Waals surface area contributed by atoms with Gasteiger partial charge in [0.05, 0.1) is 0 Å². The van der Waals surface area contributed by atoms with Crippen LogP contribution in [0.25, 0.3) is 0 Å². The maximum Gasteiger partial charge on any atom is 0.573 e. The Labute approximate surface area is 230 Å². The van der Waals surface area contributed by atoms with Gasteiger partial charge in [-0.05, 0) is 112 Å². The van der Waals surface area contributed by atoms with Gasteiger partial charge in [-0.2, -0.15) is 0 Å². The normalized spacial score (nSPS) is 13.8. The van der Waals surface area contributed by atoms with E-state index in [-0.39, 0.29) is 11.7 Å². The molecule has 0 saturated carbocycles. The third-order valence-electron chi connectivity index (χ3n) is 6.20. The number of alkyl halides is 3. The Morgan fingerprint density at radius 2 is 1.27 bits per heavy atom. The van der Waals surface area contributed by atoms with E-state index in [1.165, 1.54) is 31.4 Å². The number of halogens is 3. The molecule has 212 valence electrons. The van der Waals surface area contributed by atoms with Crippen LogP contribution in [0.1, 0.15) is 36.0 Å². The first kappa shape index (κ1) is 28.8. The molecule has 0 bridgehead atoms. The van der Waals surface area contributed by atoms with Crippen molar-refractivity contribution in [3.63, 3.8) is 0 Å². The highest BCUT2D eigenvalue weighted by atomic mass is 19.4. The van der Waals surface area contributed by atoms with E-state index in [2.05, 4.69) is 25.6 Å². The lowest BCUT2D eigenvalue weighted by molar-refractivity contribution is -0.274. The lowest BCUT2D eigenvalue weighted by Crippen LogP contribution is -2.33. The van der Waals surface area contributed by atoms with Crippen LogP contribution >= 0.6 is 0 Å². The number of hydrogen-bond donors (Lipinski definition) is 3. The zero-order valence-electron chi connectivity index (χ0n) is 21.8. The van der Waals surface area contributed by atoms with Gasteiger partial charge >= 0.3 is 12.4 Å². The van der Waals surface area contributed by atoms with Gasteiger partial charge in [-0.1, -0.05) is 6.42 Å². The molecule has 11 heteroatoms. The maximum atomic E-state index is 12.4. The molecule has 0 spiro atoms. The minimum atomic E-state index is -4.76. The van der Waals surface area contributed by atoms with Crippen LogP contribution in [0.15, 0.2) is 72.8 Å². The first-order valence-corrected chi connectivity index (χ1v) is 13.1. The van der Waals surface area contributed by atoms with E-state index in [4.69, 9.17) is 4.74 Å². The smallest absolute Gasteiger partial charge is 0.457 e. The van der Waals surface area contributed by atoms with Gasteiger partial charge in [-0.25, -0.2) is 4.79 Å².